The Labute approximate surface area is 146 Å². The highest BCUT2D eigenvalue weighted by atomic mass is 16.6. The van der Waals surface area contributed by atoms with Crippen LogP contribution in [0.5, 0.6) is 0 Å². The van der Waals surface area contributed by atoms with E-state index in [9.17, 15) is 24.0 Å². The first-order chi connectivity index (χ1) is 11.7. The predicted octanol–water partition coefficient (Wildman–Crippen LogP) is 1.30. The maximum absolute atomic E-state index is 11.7. The van der Waals surface area contributed by atoms with Crippen LogP contribution in [0.3, 0.4) is 0 Å². The molecule has 0 aromatic heterocycles. The number of Topliss-reactive ketones (excluding diaryl/α,β-unsaturated/α-hetero) is 2. The summed E-state index contributed by atoms with van der Waals surface area (Å²) in [5.41, 5.74) is 0.380. The van der Waals surface area contributed by atoms with Crippen LogP contribution >= 0.6 is 0 Å². The second-order valence-corrected chi connectivity index (χ2v) is 5.36. The zero-order valence-corrected chi connectivity index (χ0v) is 14.8. The van der Waals surface area contributed by atoms with Crippen molar-refractivity contribution >= 4 is 29.5 Å². The van der Waals surface area contributed by atoms with Crippen LogP contribution < -0.4 is 0 Å². The minimum Gasteiger partial charge on any atom is -0.465 e. The molecule has 0 rings (SSSR count). The summed E-state index contributed by atoms with van der Waals surface area (Å²) in [6.07, 6.45) is 2.11. The van der Waals surface area contributed by atoms with Crippen molar-refractivity contribution in [2.45, 2.75) is 46.5 Å². The highest BCUT2D eigenvalue weighted by Gasteiger charge is 2.09. The molecule has 0 aliphatic rings. The Morgan fingerprint density at radius 3 is 1.72 bits per heavy atom. The molecular weight excluding hydrogens is 332 g/mol. The van der Waals surface area contributed by atoms with Crippen LogP contribution in [0.15, 0.2) is 11.6 Å². The van der Waals surface area contributed by atoms with Crippen LogP contribution in [-0.2, 0) is 38.2 Å². The average Bonchev–Trinajstić information content (AvgIpc) is 2.49. The van der Waals surface area contributed by atoms with E-state index < -0.39 is 17.9 Å². The molecular formula is C17H24O8. The lowest BCUT2D eigenvalue weighted by Gasteiger charge is -2.06. The minimum absolute atomic E-state index is 0.101. The first kappa shape index (κ1) is 22.5. The number of carbonyl (C=O) groups is 5. The van der Waals surface area contributed by atoms with Crippen molar-refractivity contribution in [2.75, 3.05) is 19.8 Å². The van der Waals surface area contributed by atoms with Gasteiger partial charge in [0.15, 0.2) is 0 Å². The summed E-state index contributed by atoms with van der Waals surface area (Å²) in [5, 5.41) is 0. The van der Waals surface area contributed by atoms with Gasteiger partial charge in [0.2, 0.25) is 0 Å². The van der Waals surface area contributed by atoms with Gasteiger partial charge in [0, 0.05) is 5.57 Å². The van der Waals surface area contributed by atoms with Gasteiger partial charge in [-0.05, 0) is 33.6 Å². The number of unbranched alkanes of at least 4 members (excludes halogenated alkanes) is 1. The Morgan fingerprint density at radius 2 is 1.20 bits per heavy atom. The second-order valence-electron chi connectivity index (χ2n) is 5.36. The zero-order valence-electron chi connectivity index (χ0n) is 14.8. The Hall–Kier alpha value is -2.51. The van der Waals surface area contributed by atoms with Gasteiger partial charge in [-0.15, -0.1) is 0 Å². The normalized spacial score (nSPS) is 10.8. The van der Waals surface area contributed by atoms with Crippen molar-refractivity contribution in [1.82, 2.24) is 0 Å². The molecule has 0 aromatic rings. The molecule has 0 aromatic carbocycles. The number of ether oxygens (including phenoxy) is 3. The summed E-state index contributed by atoms with van der Waals surface area (Å²) in [5.74, 6) is -2.32. The molecule has 140 valence electrons. The van der Waals surface area contributed by atoms with Gasteiger partial charge in [0.05, 0.1) is 6.61 Å². The van der Waals surface area contributed by atoms with Crippen LogP contribution in [0.4, 0.5) is 0 Å². The van der Waals surface area contributed by atoms with Crippen molar-refractivity contribution in [3.63, 3.8) is 0 Å². The lowest BCUT2D eigenvalue weighted by Crippen LogP contribution is -2.15. The molecule has 0 atom stereocenters. The number of esters is 3. The summed E-state index contributed by atoms with van der Waals surface area (Å²) < 4.78 is 14.5. The van der Waals surface area contributed by atoms with Crippen molar-refractivity contribution < 1.29 is 38.2 Å². The van der Waals surface area contributed by atoms with Crippen LogP contribution in [0, 0.1) is 0 Å². The molecule has 0 aliphatic heterocycles. The van der Waals surface area contributed by atoms with Crippen LogP contribution in [0.2, 0.25) is 0 Å². The lowest BCUT2D eigenvalue weighted by molar-refractivity contribution is -0.151. The maximum atomic E-state index is 11.7. The Kier molecular flexibility index (Phi) is 11.6. The van der Waals surface area contributed by atoms with Crippen LogP contribution in [0.1, 0.15) is 46.5 Å². The third-order valence-corrected chi connectivity index (χ3v) is 2.75. The maximum Gasteiger partial charge on any atom is 0.333 e. The van der Waals surface area contributed by atoms with Gasteiger partial charge in [0.1, 0.15) is 37.6 Å². The van der Waals surface area contributed by atoms with Crippen LogP contribution in [-0.4, -0.2) is 49.3 Å². The third-order valence-electron chi connectivity index (χ3n) is 2.75. The molecule has 0 saturated heterocycles. The third kappa shape index (κ3) is 13.6. The van der Waals surface area contributed by atoms with Crippen LogP contribution in [0.25, 0.3) is 0 Å². The van der Waals surface area contributed by atoms with Gasteiger partial charge in [-0.1, -0.05) is 6.08 Å². The summed E-state index contributed by atoms with van der Waals surface area (Å²) in [4.78, 5) is 55.2. The molecule has 0 fully saturated rings. The van der Waals surface area contributed by atoms with E-state index >= 15 is 0 Å². The van der Waals surface area contributed by atoms with E-state index in [4.69, 9.17) is 14.2 Å². The van der Waals surface area contributed by atoms with Gasteiger partial charge in [-0.25, -0.2) is 4.79 Å². The molecule has 0 saturated carbocycles. The number of carbonyl (C=O) groups excluding carboxylic acids is 5. The highest BCUT2D eigenvalue weighted by Crippen LogP contribution is 2.02. The average molecular weight is 356 g/mol. The fraction of sp³-hybridized carbons (Fsp3) is 0.588. The number of ketones is 2. The first-order valence-electron chi connectivity index (χ1n) is 7.86. The molecule has 25 heavy (non-hydrogen) atoms. The van der Waals surface area contributed by atoms with E-state index in [2.05, 4.69) is 0 Å². The monoisotopic (exact) mass is 356 g/mol. The topological polar surface area (TPSA) is 113 Å². The summed E-state index contributed by atoms with van der Waals surface area (Å²) >= 11 is 0. The van der Waals surface area contributed by atoms with Crippen molar-refractivity contribution in [1.29, 1.82) is 0 Å². The number of hydrogen-bond acceptors (Lipinski definition) is 8. The van der Waals surface area contributed by atoms with Gasteiger partial charge in [-0.2, -0.15) is 0 Å². The van der Waals surface area contributed by atoms with E-state index in [1.165, 1.54) is 13.8 Å². The molecule has 0 aliphatic carbocycles. The first-order valence-corrected chi connectivity index (χ1v) is 7.86. The zero-order chi connectivity index (χ0) is 19.2. The summed E-state index contributed by atoms with van der Waals surface area (Å²) in [6, 6.07) is 0. The van der Waals surface area contributed by atoms with Crippen molar-refractivity contribution in [3.8, 4) is 0 Å². The summed E-state index contributed by atoms with van der Waals surface area (Å²) in [7, 11) is 0. The minimum atomic E-state index is -0.657. The quantitative estimate of drug-likeness (QED) is 0.169. The van der Waals surface area contributed by atoms with Crippen molar-refractivity contribution in [2.24, 2.45) is 0 Å². The predicted molar refractivity (Wildman–Crippen MR) is 86.5 cm³/mol. The molecule has 8 heteroatoms. The fourth-order valence-corrected chi connectivity index (χ4v) is 1.58. The number of hydrogen-bond donors (Lipinski definition) is 0. The molecule has 0 radical (unpaired) electrons. The van der Waals surface area contributed by atoms with Gasteiger partial charge in [-0.3, -0.25) is 19.2 Å². The van der Waals surface area contributed by atoms with E-state index in [1.807, 2.05) is 0 Å². The lowest BCUT2D eigenvalue weighted by atomic mass is 10.2. The van der Waals surface area contributed by atoms with E-state index in [0.29, 0.717) is 18.4 Å². The van der Waals surface area contributed by atoms with Gasteiger partial charge < -0.3 is 14.2 Å². The molecule has 0 spiro atoms. The standard InChI is InChI=1S/C17H24O8/c1-12(6-4-5-7-23-15(20)10-13(2)18)17(22)25-9-8-24-16(21)11-14(3)19/h6H,4-5,7-11H2,1-3H3. The number of allylic oxidation sites excluding steroid dienone is 1. The molecule has 0 heterocycles. The molecule has 0 N–H and O–H groups in total. The Morgan fingerprint density at radius 1 is 0.720 bits per heavy atom. The molecule has 8 nitrogen and oxygen atoms in total. The summed E-state index contributed by atoms with van der Waals surface area (Å²) in [6.45, 7) is 4.11. The second kappa shape index (κ2) is 12.9. The smallest absolute Gasteiger partial charge is 0.333 e. The van der Waals surface area contributed by atoms with E-state index in [0.717, 1.165) is 0 Å². The fourth-order valence-electron chi connectivity index (χ4n) is 1.58. The highest BCUT2D eigenvalue weighted by molar-refractivity contribution is 5.94. The SMILES string of the molecule is CC(=O)CC(=O)OCCCC=C(C)C(=O)OCCOC(=O)CC(C)=O. The Bertz CT molecular complexity index is 533. The van der Waals surface area contributed by atoms with E-state index in [1.54, 1.807) is 13.0 Å². The van der Waals surface area contributed by atoms with Crippen molar-refractivity contribution in [3.05, 3.63) is 11.6 Å². The van der Waals surface area contributed by atoms with Gasteiger partial charge >= 0.3 is 17.9 Å². The Balaban J connectivity index is 3.84. The van der Waals surface area contributed by atoms with Gasteiger partial charge in [0.25, 0.3) is 0 Å². The largest absolute Gasteiger partial charge is 0.465 e. The number of rotatable bonds is 12. The molecule has 0 amide bonds. The van der Waals surface area contributed by atoms with E-state index in [-0.39, 0.29) is 44.2 Å². The molecule has 0 unspecified atom stereocenters. The molecule has 0 bridgehead atoms.